The van der Waals surface area contributed by atoms with Gasteiger partial charge in [0.25, 0.3) is 0 Å². The van der Waals surface area contributed by atoms with Crippen LogP contribution < -0.4 is 5.32 Å². The summed E-state index contributed by atoms with van der Waals surface area (Å²) in [6.45, 7) is 12.4. The van der Waals surface area contributed by atoms with Gasteiger partial charge in [0.15, 0.2) is 0 Å². The van der Waals surface area contributed by atoms with Crippen molar-refractivity contribution in [2.24, 2.45) is 5.41 Å². The van der Waals surface area contributed by atoms with E-state index in [1.165, 1.54) is 24.0 Å². The second-order valence-corrected chi connectivity index (χ2v) is 6.19. The van der Waals surface area contributed by atoms with Crippen LogP contribution >= 0.6 is 0 Å². The molecular weight excluding hydrogens is 218 g/mol. The van der Waals surface area contributed by atoms with Crippen LogP contribution in [0.5, 0.6) is 0 Å². The van der Waals surface area contributed by atoms with Gasteiger partial charge in [-0.1, -0.05) is 58.9 Å². The van der Waals surface area contributed by atoms with Crippen molar-refractivity contribution >= 4 is 0 Å². The summed E-state index contributed by atoms with van der Waals surface area (Å²) in [5, 5.41) is 3.62. The van der Waals surface area contributed by atoms with E-state index in [-0.39, 0.29) is 0 Å². The summed E-state index contributed by atoms with van der Waals surface area (Å²) in [4.78, 5) is 0. The van der Waals surface area contributed by atoms with Crippen molar-refractivity contribution in [3.63, 3.8) is 0 Å². The standard InChI is InChI=1S/C17H29N/c1-6-14-8-10-15(11-9-14)12-13-16(18-7-2)17(3,4)5/h8-11,16,18H,6-7,12-13H2,1-5H3. The molecule has 102 valence electrons. The predicted molar refractivity (Wildman–Crippen MR) is 81.1 cm³/mol. The average molecular weight is 247 g/mol. The molecule has 0 bridgehead atoms. The number of benzene rings is 1. The lowest BCUT2D eigenvalue weighted by Crippen LogP contribution is -2.40. The number of hydrogen-bond acceptors (Lipinski definition) is 1. The zero-order valence-corrected chi connectivity index (χ0v) is 12.7. The van der Waals surface area contributed by atoms with Gasteiger partial charge in [-0.05, 0) is 42.3 Å². The van der Waals surface area contributed by atoms with Crippen LogP contribution in [0.15, 0.2) is 24.3 Å². The average Bonchev–Trinajstić information content (AvgIpc) is 2.33. The Kier molecular flexibility index (Phi) is 5.87. The van der Waals surface area contributed by atoms with Crippen molar-refractivity contribution < 1.29 is 0 Å². The highest BCUT2D eigenvalue weighted by Gasteiger charge is 2.22. The van der Waals surface area contributed by atoms with Crippen LogP contribution in [0.3, 0.4) is 0 Å². The molecule has 1 aromatic rings. The molecular formula is C17H29N. The minimum Gasteiger partial charge on any atom is -0.314 e. The SMILES string of the molecule is CCNC(CCc1ccc(CC)cc1)C(C)(C)C. The van der Waals surface area contributed by atoms with Gasteiger partial charge in [0.05, 0.1) is 0 Å². The Hall–Kier alpha value is -0.820. The molecule has 0 saturated carbocycles. The van der Waals surface area contributed by atoms with E-state index >= 15 is 0 Å². The fourth-order valence-electron chi connectivity index (χ4n) is 2.34. The Morgan fingerprint density at radius 3 is 2.00 bits per heavy atom. The van der Waals surface area contributed by atoms with Crippen LogP contribution in [0.25, 0.3) is 0 Å². The van der Waals surface area contributed by atoms with E-state index in [2.05, 4.69) is 64.2 Å². The van der Waals surface area contributed by atoms with Crippen molar-refractivity contribution in [3.05, 3.63) is 35.4 Å². The Balaban J connectivity index is 2.55. The third-order valence-electron chi connectivity index (χ3n) is 3.65. The van der Waals surface area contributed by atoms with Crippen molar-refractivity contribution in [3.8, 4) is 0 Å². The molecule has 0 aliphatic rings. The van der Waals surface area contributed by atoms with Gasteiger partial charge in [-0.15, -0.1) is 0 Å². The summed E-state index contributed by atoms with van der Waals surface area (Å²) in [6.07, 6.45) is 3.50. The quantitative estimate of drug-likeness (QED) is 0.794. The summed E-state index contributed by atoms with van der Waals surface area (Å²) >= 11 is 0. The molecule has 1 aromatic carbocycles. The minimum absolute atomic E-state index is 0.333. The van der Waals surface area contributed by atoms with E-state index in [0.29, 0.717) is 11.5 Å². The maximum atomic E-state index is 3.62. The van der Waals surface area contributed by atoms with Gasteiger partial charge < -0.3 is 5.32 Å². The second-order valence-electron chi connectivity index (χ2n) is 6.19. The number of rotatable bonds is 6. The van der Waals surface area contributed by atoms with E-state index in [1.54, 1.807) is 0 Å². The smallest absolute Gasteiger partial charge is 0.0119 e. The Morgan fingerprint density at radius 1 is 1.00 bits per heavy atom. The molecule has 18 heavy (non-hydrogen) atoms. The zero-order chi connectivity index (χ0) is 13.6. The molecule has 1 rings (SSSR count). The van der Waals surface area contributed by atoms with Gasteiger partial charge in [-0.3, -0.25) is 0 Å². The normalized spacial score (nSPS) is 13.6. The topological polar surface area (TPSA) is 12.0 Å². The zero-order valence-electron chi connectivity index (χ0n) is 12.7. The Labute approximate surface area is 113 Å². The molecule has 1 nitrogen and oxygen atoms in total. The first-order valence-corrected chi connectivity index (χ1v) is 7.28. The lowest BCUT2D eigenvalue weighted by Gasteiger charge is -2.31. The van der Waals surface area contributed by atoms with Crippen LogP contribution in [0.2, 0.25) is 0 Å². The Morgan fingerprint density at radius 2 is 1.56 bits per heavy atom. The summed E-state index contributed by atoms with van der Waals surface area (Å²) in [5.74, 6) is 0. The molecule has 0 spiro atoms. The van der Waals surface area contributed by atoms with Crippen molar-refractivity contribution in [1.29, 1.82) is 0 Å². The van der Waals surface area contributed by atoms with Gasteiger partial charge in [0.2, 0.25) is 0 Å². The highest BCUT2D eigenvalue weighted by molar-refractivity contribution is 5.22. The van der Waals surface area contributed by atoms with E-state index < -0.39 is 0 Å². The van der Waals surface area contributed by atoms with Crippen molar-refractivity contribution in [2.75, 3.05) is 6.54 Å². The number of aryl methyl sites for hydroxylation is 2. The van der Waals surface area contributed by atoms with Crippen molar-refractivity contribution in [2.45, 2.75) is 59.9 Å². The van der Waals surface area contributed by atoms with Gasteiger partial charge >= 0.3 is 0 Å². The molecule has 0 saturated heterocycles. The fourth-order valence-corrected chi connectivity index (χ4v) is 2.34. The maximum absolute atomic E-state index is 3.62. The van der Waals surface area contributed by atoms with E-state index in [1.807, 2.05) is 0 Å². The number of nitrogens with one attached hydrogen (secondary N) is 1. The van der Waals surface area contributed by atoms with Crippen LogP contribution in [0, 0.1) is 5.41 Å². The first-order chi connectivity index (χ1) is 8.47. The third kappa shape index (κ3) is 4.81. The summed E-state index contributed by atoms with van der Waals surface area (Å²) < 4.78 is 0. The Bertz CT molecular complexity index is 332. The molecule has 1 heteroatoms. The first kappa shape index (κ1) is 15.2. The molecule has 0 radical (unpaired) electrons. The van der Waals surface area contributed by atoms with Crippen LogP contribution in [0.1, 0.15) is 52.2 Å². The highest BCUT2D eigenvalue weighted by Crippen LogP contribution is 2.23. The molecule has 0 heterocycles. The van der Waals surface area contributed by atoms with Gasteiger partial charge in [0, 0.05) is 6.04 Å². The predicted octanol–water partition coefficient (Wildman–Crippen LogP) is 4.21. The molecule has 1 atom stereocenters. The second kappa shape index (κ2) is 6.94. The van der Waals surface area contributed by atoms with Crippen LogP contribution in [-0.2, 0) is 12.8 Å². The van der Waals surface area contributed by atoms with E-state index in [9.17, 15) is 0 Å². The molecule has 1 N–H and O–H groups in total. The fraction of sp³-hybridized carbons (Fsp3) is 0.647. The molecule has 0 amide bonds. The third-order valence-corrected chi connectivity index (χ3v) is 3.65. The molecule has 0 aliphatic heterocycles. The lowest BCUT2D eigenvalue weighted by atomic mass is 9.83. The molecule has 0 aromatic heterocycles. The summed E-state index contributed by atoms with van der Waals surface area (Å²) in [5.41, 5.74) is 3.22. The monoisotopic (exact) mass is 247 g/mol. The van der Waals surface area contributed by atoms with Gasteiger partial charge in [-0.25, -0.2) is 0 Å². The maximum Gasteiger partial charge on any atom is 0.0119 e. The molecule has 1 unspecified atom stereocenters. The number of hydrogen-bond donors (Lipinski definition) is 1. The van der Waals surface area contributed by atoms with E-state index in [0.717, 1.165) is 13.0 Å². The first-order valence-electron chi connectivity index (χ1n) is 7.28. The van der Waals surface area contributed by atoms with Crippen LogP contribution in [-0.4, -0.2) is 12.6 Å². The van der Waals surface area contributed by atoms with Crippen LogP contribution in [0.4, 0.5) is 0 Å². The molecule has 0 fully saturated rings. The van der Waals surface area contributed by atoms with Gasteiger partial charge in [-0.2, -0.15) is 0 Å². The largest absolute Gasteiger partial charge is 0.314 e. The van der Waals surface area contributed by atoms with Gasteiger partial charge in [0.1, 0.15) is 0 Å². The lowest BCUT2D eigenvalue weighted by molar-refractivity contribution is 0.258. The molecule has 0 aliphatic carbocycles. The summed E-state index contributed by atoms with van der Waals surface area (Å²) in [7, 11) is 0. The highest BCUT2D eigenvalue weighted by atomic mass is 14.9. The minimum atomic E-state index is 0.333. The summed E-state index contributed by atoms with van der Waals surface area (Å²) in [6, 6.07) is 9.67. The van der Waals surface area contributed by atoms with E-state index in [4.69, 9.17) is 0 Å². The van der Waals surface area contributed by atoms with Crippen molar-refractivity contribution in [1.82, 2.24) is 5.32 Å².